The van der Waals surface area contributed by atoms with Gasteiger partial charge in [0.1, 0.15) is 0 Å². The van der Waals surface area contributed by atoms with E-state index in [4.69, 9.17) is 5.73 Å². The van der Waals surface area contributed by atoms with Gasteiger partial charge >= 0.3 is 0 Å². The van der Waals surface area contributed by atoms with Crippen LogP contribution in [0.3, 0.4) is 0 Å². The Morgan fingerprint density at radius 1 is 1.26 bits per heavy atom. The summed E-state index contributed by atoms with van der Waals surface area (Å²) in [4.78, 5) is 17.8. The second-order valence-corrected chi connectivity index (χ2v) is 6.50. The van der Waals surface area contributed by atoms with Gasteiger partial charge in [-0.2, -0.15) is 0 Å². The number of carbonyl (C=O) groups excluding carboxylic acids is 1. The number of rotatable bonds is 4. The van der Waals surface area contributed by atoms with Crippen molar-refractivity contribution in [2.75, 3.05) is 11.4 Å². The van der Waals surface area contributed by atoms with Crippen molar-refractivity contribution in [2.45, 2.75) is 57.5 Å². The first-order chi connectivity index (χ1) is 11.2. The number of anilines is 1. The number of amides is 1. The molecule has 3 rings (SSSR count). The van der Waals surface area contributed by atoms with E-state index in [1.54, 1.807) is 4.90 Å². The lowest BCUT2D eigenvalue weighted by Gasteiger charge is -2.30. The Labute approximate surface area is 138 Å². The summed E-state index contributed by atoms with van der Waals surface area (Å²) in [5.74, 6) is 0.725. The molecule has 0 unspecified atom stereocenters. The van der Waals surface area contributed by atoms with Gasteiger partial charge in [0, 0.05) is 24.7 Å². The fraction of sp³-hybridized carbons (Fsp3) is 0.556. The lowest BCUT2D eigenvalue weighted by molar-refractivity contribution is -0.122. The highest BCUT2D eigenvalue weighted by atomic mass is 16.2. The van der Waals surface area contributed by atoms with E-state index in [2.05, 4.69) is 10.3 Å². The molecule has 2 fully saturated rings. The summed E-state index contributed by atoms with van der Waals surface area (Å²) in [6.07, 6.45) is 8.23. The molecule has 1 heterocycles. The third-order valence-electron chi connectivity index (χ3n) is 4.71. The molecule has 0 aromatic heterocycles. The smallest absolute Gasteiger partial charge is 0.228 e. The minimum absolute atomic E-state index is 0.195. The second kappa shape index (κ2) is 7.49. The highest BCUT2D eigenvalue weighted by Crippen LogP contribution is 2.23. The predicted octanol–water partition coefficient (Wildman–Crippen LogP) is 2.55. The van der Waals surface area contributed by atoms with Gasteiger partial charge in [-0.15, -0.1) is 0 Å². The Bertz CT molecular complexity index is 576. The van der Waals surface area contributed by atoms with Gasteiger partial charge in [0.25, 0.3) is 0 Å². The molecule has 0 atom stereocenters. The number of hydrogen-bond acceptors (Lipinski definition) is 2. The van der Waals surface area contributed by atoms with E-state index < -0.39 is 0 Å². The summed E-state index contributed by atoms with van der Waals surface area (Å²) in [6.45, 7) is 1.36. The maximum Gasteiger partial charge on any atom is 0.228 e. The van der Waals surface area contributed by atoms with E-state index in [0.717, 1.165) is 17.8 Å². The van der Waals surface area contributed by atoms with Gasteiger partial charge in [-0.1, -0.05) is 37.8 Å². The lowest BCUT2D eigenvalue weighted by Crippen LogP contribution is -2.43. The van der Waals surface area contributed by atoms with Crippen LogP contribution in [0.5, 0.6) is 0 Å². The van der Waals surface area contributed by atoms with Crippen molar-refractivity contribution in [3.8, 4) is 0 Å². The molecule has 23 heavy (non-hydrogen) atoms. The summed E-state index contributed by atoms with van der Waals surface area (Å²) >= 11 is 0. The fourth-order valence-electron chi connectivity index (χ4n) is 3.27. The maximum absolute atomic E-state index is 11.5. The number of carbonyl (C=O) groups is 1. The standard InChI is InChI=1S/C18H26N4O/c19-18(21-15-7-3-1-2-4-8-15)20-13-14-6-5-9-16(12-14)22-11-10-17(22)23/h5-6,9,12,15H,1-4,7-8,10-11,13H2,(H3,19,20,21). The van der Waals surface area contributed by atoms with E-state index >= 15 is 0 Å². The van der Waals surface area contributed by atoms with Crippen LogP contribution in [0.25, 0.3) is 0 Å². The van der Waals surface area contributed by atoms with Crippen molar-refractivity contribution in [1.82, 2.24) is 5.32 Å². The first-order valence-corrected chi connectivity index (χ1v) is 8.68. The molecule has 1 amide bonds. The van der Waals surface area contributed by atoms with Crippen molar-refractivity contribution in [1.29, 1.82) is 0 Å². The van der Waals surface area contributed by atoms with Crippen LogP contribution in [-0.4, -0.2) is 24.5 Å². The van der Waals surface area contributed by atoms with Crippen molar-refractivity contribution >= 4 is 17.6 Å². The molecule has 124 valence electrons. The quantitative estimate of drug-likeness (QED) is 0.388. The highest BCUT2D eigenvalue weighted by molar-refractivity contribution is 5.99. The molecular formula is C18H26N4O. The minimum Gasteiger partial charge on any atom is -0.370 e. The molecule has 1 aromatic rings. The van der Waals surface area contributed by atoms with Crippen molar-refractivity contribution in [3.05, 3.63) is 29.8 Å². The van der Waals surface area contributed by atoms with Crippen LogP contribution in [-0.2, 0) is 11.3 Å². The Kier molecular flexibility index (Phi) is 5.16. The zero-order valence-corrected chi connectivity index (χ0v) is 13.6. The topological polar surface area (TPSA) is 70.7 Å². The molecule has 1 aromatic carbocycles. The summed E-state index contributed by atoms with van der Waals surface area (Å²) in [5.41, 5.74) is 8.07. The van der Waals surface area contributed by atoms with Gasteiger partial charge in [0.2, 0.25) is 5.91 Å². The molecule has 2 aliphatic rings. The summed E-state index contributed by atoms with van der Waals surface area (Å²) in [7, 11) is 0. The molecule has 3 N–H and O–H groups in total. The van der Waals surface area contributed by atoms with Crippen LogP contribution >= 0.6 is 0 Å². The lowest BCUT2D eigenvalue weighted by atomic mass is 10.1. The van der Waals surface area contributed by atoms with Gasteiger partial charge in [-0.05, 0) is 30.5 Å². The number of β-lactam (4-membered cyclic amide) rings is 1. The first-order valence-electron chi connectivity index (χ1n) is 8.68. The number of hydrogen-bond donors (Lipinski definition) is 2. The second-order valence-electron chi connectivity index (χ2n) is 6.50. The minimum atomic E-state index is 0.195. The van der Waals surface area contributed by atoms with Gasteiger partial charge in [-0.3, -0.25) is 4.79 Å². The fourth-order valence-corrected chi connectivity index (χ4v) is 3.27. The van der Waals surface area contributed by atoms with Crippen LogP contribution in [0.1, 0.15) is 50.5 Å². The van der Waals surface area contributed by atoms with Crippen LogP contribution in [0.15, 0.2) is 29.3 Å². The van der Waals surface area contributed by atoms with E-state index in [1.165, 1.54) is 38.5 Å². The number of guanidine groups is 1. The Morgan fingerprint density at radius 2 is 2.04 bits per heavy atom. The van der Waals surface area contributed by atoms with E-state index in [-0.39, 0.29) is 5.91 Å². The molecular weight excluding hydrogens is 288 g/mol. The molecule has 0 spiro atoms. The average Bonchev–Trinajstić information content (AvgIpc) is 2.80. The van der Waals surface area contributed by atoms with E-state index in [1.807, 2.05) is 24.3 Å². The molecule has 0 radical (unpaired) electrons. The highest BCUT2D eigenvalue weighted by Gasteiger charge is 2.24. The average molecular weight is 314 g/mol. The summed E-state index contributed by atoms with van der Waals surface area (Å²) in [5, 5.41) is 3.36. The number of nitrogens with two attached hydrogens (primary N) is 1. The summed E-state index contributed by atoms with van der Waals surface area (Å²) in [6, 6.07) is 8.46. The first kappa shape index (κ1) is 15.8. The Hall–Kier alpha value is -2.04. The normalized spacial score (nSPS) is 20.1. The van der Waals surface area contributed by atoms with Gasteiger partial charge in [0.05, 0.1) is 6.54 Å². The third-order valence-corrected chi connectivity index (χ3v) is 4.71. The number of aliphatic imine (C=N–C) groups is 1. The van der Waals surface area contributed by atoms with Gasteiger partial charge < -0.3 is 16.0 Å². The van der Waals surface area contributed by atoms with Crippen molar-refractivity contribution < 1.29 is 4.79 Å². The molecule has 5 heteroatoms. The number of nitrogens with one attached hydrogen (secondary N) is 1. The molecule has 1 aliphatic heterocycles. The van der Waals surface area contributed by atoms with Crippen molar-refractivity contribution in [3.63, 3.8) is 0 Å². The van der Waals surface area contributed by atoms with Gasteiger partial charge in [-0.25, -0.2) is 4.99 Å². The third kappa shape index (κ3) is 4.24. The van der Waals surface area contributed by atoms with Crippen LogP contribution in [0.2, 0.25) is 0 Å². The zero-order chi connectivity index (χ0) is 16.1. The molecule has 1 saturated heterocycles. The van der Waals surface area contributed by atoms with E-state index in [0.29, 0.717) is 25.0 Å². The van der Waals surface area contributed by atoms with Crippen LogP contribution < -0.4 is 16.0 Å². The SMILES string of the molecule is NC(=NCc1cccc(N2CCC2=O)c1)NC1CCCCCC1. The summed E-state index contributed by atoms with van der Waals surface area (Å²) < 4.78 is 0. The predicted molar refractivity (Wildman–Crippen MR) is 93.4 cm³/mol. The van der Waals surface area contributed by atoms with E-state index in [9.17, 15) is 4.79 Å². The van der Waals surface area contributed by atoms with Crippen molar-refractivity contribution in [2.24, 2.45) is 10.7 Å². The Morgan fingerprint density at radius 3 is 2.70 bits per heavy atom. The molecule has 1 saturated carbocycles. The molecule has 5 nitrogen and oxygen atoms in total. The van der Waals surface area contributed by atoms with Crippen LogP contribution in [0.4, 0.5) is 5.69 Å². The van der Waals surface area contributed by atoms with Gasteiger partial charge in [0.15, 0.2) is 5.96 Å². The van der Waals surface area contributed by atoms with Crippen LogP contribution in [0, 0.1) is 0 Å². The monoisotopic (exact) mass is 314 g/mol. The Balaban J connectivity index is 1.56. The zero-order valence-electron chi connectivity index (χ0n) is 13.6. The molecule has 0 bridgehead atoms. The molecule has 1 aliphatic carbocycles. The maximum atomic E-state index is 11.5. The number of benzene rings is 1. The number of nitrogens with zero attached hydrogens (tertiary/aromatic N) is 2. The largest absolute Gasteiger partial charge is 0.370 e.